The highest BCUT2D eigenvalue weighted by Crippen LogP contribution is 2.48. The van der Waals surface area contributed by atoms with E-state index in [9.17, 15) is 9.18 Å². The fraction of sp³-hybridized carbons (Fsp3) is 0.0385. The molecule has 1 aliphatic rings. The molecule has 1 unspecified atom stereocenters. The quantitative estimate of drug-likeness (QED) is 0.332. The van der Waals surface area contributed by atoms with Crippen molar-refractivity contribution in [3.05, 3.63) is 119 Å². The van der Waals surface area contributed by atoms with Gasteiger partial charge in [-0.15, -0.1) is 0 Å². The predicted octanol–water partition coefficient (Wildman–Crippen LogP) is 6.91. The standard InChI is InChI=1S/C26H18FNO2S/c27-22-14-8-7-13-21(22)23-16-15-20(30-23)17-24-25(29)28(19-11-5-2-6-12-19)26(31-24)18-9-3-1-4-10-18/h1-17,26H. The minimum Gasteiger partial charge on any atom is -0.457 e. The van der Waals surface area contributed by atoms with E-state index in [0.717, 1.165) is 11.3 Å². The molecular weight excluding hydrogens is 409 g/mol. The molecule has 1 atom stereocenters. The Hall–Kier alpha value is -3.57. The fourth-order valence-electron chi connectivity index (χ4n) is 3.59. The van der Waals surface area contributed by atoms with E-state index < -0.39 is 0 Å². The Morgan fingerprint density at radius 1 is 0.839 bits per heavy atom. The summed E-state index contributed by atoms with van der Waals surface area (Å²) in [5.74, 6) is 0.506. The maximum Gasteiger partial charge on any atom is 0.266 e. The molecule has 0 radical (unpaired) electrons. The summed E-state index contributed by atoms with van der Waals surface area (Å²) in [5.41, 5.74) is 2.27. The molecule has 152 valence electrons. The van der Waals surface area contributed by atoms with Gasteiger partial charge in [-0.1, -0.05) is 72.4 Å². The van der Waals surface area contributed by atoms with Crippen molar-refractivity contribution in [3.8, 4) is 11.3 Å². The molecule has 4 aromatic rings. The van der Waals surface area contributed by atoms with Gasteiger partial charge in [0.2, 0.25) is 0 Å². The smallest absolute Gasteiger partial charge is 0.266 e. The van der Waals surface area contributed by atoms with E-state index in [1.54, 1.807) is 41.3 Å². The zero-order chi connectivity index (χ0) is 21.2. The summed E-state index contributed by atoms with van der Waals surface area (Å²) < 4.78 is 19.9. The van der Waals surface area contributed by atoms with Gasteiger partial charge in [0.15, 0.2) is 0 Å². The third-order valence-corrected chi connectivity index (χ3v) is 6.31. The summed E-state index contributed by atoms with van der Waals surface area (Å²) in [7, 11) is 0. The Labute approximate surface area is 183 Å². The van der Waals surface area contributed by atoms with Crippen LogP contribution in [-0.4, -0.2) is 5.91 Å². The highest BCUT2D eigenvalue weighted by Gasteiger charge is 2.38. The average molecular weight is 428 g/mol. The molecule has 0 N–H and O–H groups in total. The van der Waals surface area contributed by atoms with Gasteiger partial charge in [-0.2, -0.15) is 0 Å². The number of amides is 1. The van der Waals surface area contributed by atoms with Crippen LogP contribution < -0.4 is 4.90 Å². The van der Waals surface area contributed by atoms with Crippen LogP contribution in [0.15, 0.2) is 106 Å². The first-order valence-electron chi connectivity index (χ1n) is 9.87. The first-order chi connectivity index (χ1) is 15.2. The maximum atomic E-state index is 14.1. The van der Waals surface area contributed by atoms with Gasteiger partial charge in [0.1, 0.15) is 22.7 Å². The predicted molar refractivity (Wildman–Crippen MR) is 123 cm³/mol. The second-order valence-electron chi connectivity index (χ2n) is 7.08. The first kappa shape index (κ1) is 19.4. The highest BCUT2D eigenvalue weighted by molar-refractivity contribution is 8.05. The molecule has 5 rings (SSSR count). The van der Waals surface area contributed by atoms with Crippen molar-refractivity contribution in [3.63, 3.8) is 0 Å². The van der Waals surface area contributed by atoms with E-state index in [1.165, 1.54) is 17.8 Å². The minimum absolute atomic E-state index is 0.0890. The van der Waals surface area contributed by atoms with Crippen LogP contribution in [0.3, 0.4) is 0 Å². The highest BCUT2D eigenvalue weighted by atomic mass is 32.2. The van der Waals surface area contributed by atoms with Crippen LogP contribution in [0.5, 0.6) is 0 Å². The van der Waals surface area contributed by atoms with E-state index in [0.29, 0.717) is 22.0 Å². The molecule has 1 saturated heterocycles. The van der Waals surface area contributed by atoms with E-state index in [1.807, 2.05) is 60.7 Å². The Morgan fingerprint density at radius 3 is 2.26 bits per heavy atom. The third-order valence-electron chi connectivity index (χ3n) is 5.06. The number of carbonyl (C=O) groups is 1. The van der Waals surface area contributed by atoms with Gasteiger partial charge in [-0.05, 0) is 42.0 Å². The molecule has 1 fully saturated rings. The largest absolute Gasteiger partial charge is 0.457 e. The number of furan rings is 1. The molecule has 1 aromatic heterocycles. The summed E-state index contributed by atoms with van der Waals surface area (Å²) >= 11 is 1.48. The van der Waals surface area contributed by atoms with Crippen molar-refractivity contribution in [1.82, 2.24) is 0 Å². The lowest BCUT2D eigenvalue weighted by Gasteiger charge is -2.23. The van der Waals surface area contributed by atoms with Crippen molar-refractivity contribution < 1.29 is 13.6 Å². The molecule has 1 amide bonds. The number of para-hydroxylation sites is 1. The lowest BCUT2D eigenvalue weighted by atomic mass is 10.1. The van der Waals surface area contributed by atoms with Crippen LogP contribution in [0, 0.1) is 5.82 Å². The molecule has 3 nitrogen and oxygen atoms in total. The summed E-state index contributed by atoms with van der Waals surface area (Å²) in [4.78, 5) is 15.7. The van der Waals surface area contributed by atoms with Gasteiger partial charge in [0.05, 0.1) is 10.5 Å². The number of halogens is 1. The summed E-state index contributed by atoms with van der Waals surface area (Å²) in [6.45, 7) is 0. The second kappa shape index (κ2) is 8.28. The molecule has 3 aromatic carbocycles. The average Bonchev–Trinajstić information content (AvgIpc) is 3.40. The van der Waals surface area contributed by atoms with Gasteiger partial charge in [-0.25, -0.2) is 4.39 Å². The molecule has 31 heavy (non-hydrogen) atoms. The summed E-state index contributed by atoms with van der Waals surface area (Å²) in [5, 5.41) is -0.177. The van der Waals surface area contributed by atoms with Crippen molar-refractivity contribution in [2.45, 2.75) is 5.37 Å². The zero-order valence-corrected chi connectivity index (χ0v) is 17.3. The van der Waals surface area contributed by atoms with Crippen LogP contribution in [0.25, 0.3) is 17.4 Å². The Morgan fingerprint density at radius 2 is 1.52 bits per heavy atom. The SMILES string of the molecule is O=C1C(=Cc2ccc(-c3ccccc3F)o2)SC(c2ccccc2)N1c1ccccc1. The van der Waals surface area contributed by atoms with Crippen molar-refractivity contribution >= 4 is 29.4 Å². The number of anilines is 1. The van der Waals surface area contributed by atoms with Gasteiger partial charge in [0, 0.05) is 11.8 Å². The maximum absolute atomic E-state index is 14.1. The normalized spacial score (nSPS) is 17.5. The van der Waals surface area contributed by atoms with E-state index in [2.05, 4.69) is 0 Å². The molecule has 0 bridgehead atoms. The topological polar surface area (TPSA) is 33.5 Å². The number of hydrogen-bond acceptors (Lipinski definition) is 3. The number of nitrogens with zero attached hydrogens (tertiary/aromatic N) is 1. The van der Waals surface area contributed by atoms with Gasteiger partial charge in [-0.3, -0.25) is 9.69 Å². The van der Waals surface area contributed by atoms with Gasteiger partial charge in [0.25, 0.3) is 5.91 Å². The van der Waals surface area contributed by atoms with Gasteiger partial charge < -0.3 is 4.42 Å². The van der Waals surface area contributed by atoms with E-state index in [-0.39, 0.29) is 17.1 Å². The Bertz CT molecular complexity index is 1250. The Balaban J connectivity index is 1.51. The number of rotatable bonds is 4. The Kier molecular flexibility index (Phi) is 5.18. The minimum atomic E-state index is -0.346. The van der Waals surface area contributed by atoms with E-state index >= 15 is 0 Å². The molecular formula is C26H18FNO2S. The zero-order valence-electron chi connectivity index (χ0n) is 16.4. The second-order valence-corrected chi connectivity index (χ2v) is 8.20. The summed E-state index contributed by atoms with van der Waals surface area (Å²) in [6.07, 6.45) is 1.73. The summed E-state index contributed by atoms with van der Waals surface area (Å²) in [6, 6.07) is 29.5. The van der Waals surface area contributed by atoms with Crippen molar-refractivity contribution in [2.75, 3.05) is 4.90 Å². The van der Waals surface area contributed by atoms with Gasteiger partial charge >= 0.3 is 0 Å². The number of thioether (sulfide) groups is 1. The molecule has 0 aliphatic carbocycles. The van der Waals surface area contributed by atoms with E-state index in [4.69, 9.17) is 4.42 Å². The van der Waals surface area contributed by atoms with Crippen molar-refractivity contribution in [2.24, 2.45) is 0 Å². The van der Waals surface area contributed by atoms with Crippen LogP contribution >= 0.6 is 11.8 Å². The van der Waals surface area contributed by atoms with Crippen LogP contribution in [0.4, 0.5) is 10.1 Å². The molecule has 2 heterocycles. The van der Waals surface area contributed by atoms with Crippen LogP contribution in [0.2, 0.25) is 0 Å². The fourth-order valence-corrected chi connectivity index (χ4v) is 4.83. The molecule has 1 aliphatic heterocycles. The van der Waals surface area contributed by atoms with Crippen molar-refractivity contribution in [1.29, 1.82) is 0 Å². The molecule has 0 spiro atoms. The monoisotopic (exact) mass is 427 g/mol. The first-order valence-corrected chi connectivity index (χ1v) is 10.8. The van der Waals surface area contributed by atoms with Crippen LogP contribution in [-0.2, 0) is 4.79 Å². The lowest BCUT2D eigenvalue weighted by molar-refractivity contribution is -0.114. The van der Waals surface area contributed by atoms with Crippen LogP contribution in [0.1, 0.15) is 16.7 Å². The number of carbonyl (C=O) groups excluding carboxylic acids is 1. The molecule has 5 heteroatoms. The lowest BCUT2D eigenvalue weighted by Crippen LogP contribution is -2.27. The molecule has 0 saturated carbocycles. The number of benzene rings is 3. The number of hydrogen-bond donors (Lipinski definition) is 0. The third kappa shape index (κ3) is 3.80.